The molecule has 0 saturated carbocycles. The highest BCUT2D eigenvalue weighted by molar-refractivity contribution is 7.00. The van der Waals surface area contributed by atoms with E-state index in [2.05, 4.69) is 9.98 Å². The summed E-state index contributed by atoms with van der Waals surface area (Å²) in [6.07, 6.45) is 0. The molecule has 28 heavy (non-hydrogen) atoms. The van der Waals surface area contributed by atoms with Gasteiger partial charge in [0.2, 0.25) is 0 Å². The normalized spacial score (nSPS) is 11.9. The molecular weight excluding hydrogens is 403 g/mol. The Morgan fingerprint density at radius 1 is 0.714 bits per heavy atom. The van der Waals surface area contributed by atoms with Gasteiger partial charge < -0.3 is 9.47 Å². The van der Waals surface area contributed by atoms with Gasteiger partial charge in [-0.05, 0) is 62.4 Å². The fourth-order valence-electron chi connectivity index (χ4n) is 2.09. The molecule has 2 rings (SSSR count). The van der Waals surface area contributed by atoms with Gasteiger partial charge in [-0.25, -0.2) is 19.6 Å². The van der Waals surface area contributed by atoms with E-state index < -0.39 is 11.9 Å². The molecule has 146 valence electrons. The third kappa shape index (κ3) is 6.18. The number of rotatable bonds is 7. The summed E-state index contributed by atoms with van der Waals surface area (Å²) in [6.45, 7) is 4.08. The number of esters is 2. The molecule has 0 spiro atoms. The first-order chi connectivity index (χ1) is 13.4. The molecule has 0 heterocycles. The molecule has 0 bridgehead atoms. The number of nitrogens with zero attached hydrogens (tertiary/aromatic N) is 2. The van der Waals surface area contributed by atoms with Gasteiger partial charge >= 0.3 is 11.9 Å². The molecule has 0 saturated heterocycles. The minimum absolute atomic E-state index is 0.0139. The Bertz CT molecular complexity index is 816. The molecule has 0 unspecified atom stereocenters. The maximum Gasteiger partial charge on any atom is 0.338 e. The number of ether oxygens (including phenoxy) is 2. The molecule has 0 atom stereocenters. The Morgan fingerprint density at radius 3 is 1.32 bits per heavy atom. The maximum atomic E-state index is 11.6. The third-order valence-corrected chi connectivity index (χ3v) is 4.01. The van der Waals surface area contributed by atoms with E-state index in [9.17, 15) is 9.59 Å². The summed E-state index contributed by atoms with van der Waals surface area (Å²) in [5.41, 5.74) is 1.84. The second-order valence-corrected chi connectivity index (χ2v) is 6.06. The molecule has 0 aliphatic carbocycles. The summed E-state index contributed by atoms with van der Waals surface area (Å²) in [5, 5.41) is -0.0277. The molecule has 0 N–H and O–H groups in total. The molecule has 2 aromatic rings. The van der Waals surface area contributed by atoms with Gasteiger partial charge in [-0.3, -0.25) is 0 Å². The van der Waals surface area contributed by atoms with Crippen molar-refractivity contribution in [2.75, 3.05) is 13.2 Å². The van der Waals surface area contributed by atoms with Gasteiger partial charge in [0.1, 0.15) is 0 Å². The van der Waals surface area contributed by atoms with Crippen molar-refractivity contribution in [1.82, 2.24) is 0 Å². The highest BCUT2D eigenvalue weighted by atomic mass is 35.5. The van der Waals surface area contributed by atoms with Crippen molar-refractivity contribution in [3.8, 4) is 0 Å². The second-order valence-electron chi connectivity index (χ2n) is 5.34. The Kier molecular flexibility index (Phi) is 8.17. The highest BCUT2D eigenvalue weighted by Gasteiger charge is 2.08. The minimum atomic E-state index is -0.407. The van der Waals surface area contributed by atoms with Gasteiger partial charge in [0, 0.05) is 0 Å². The van der Waals surface area contributed by atoms with E-state index in [0.29, 0.717) is 35.7 Å². The zero-order valence-electron chi connectivity index (χ0n) is 15.3. The van der Waals surface area contributed by atoms with Crippen molar-refractivity contribution < 1.29 is 19.1 Å². The van der Waals surface area contributed by atoms with Crippen molar-refractivity contribution in [3.05, 3.63) is 59.7 Å². The number of aliphatic imine (C=N–C) groups is 2. The zero-order chi connectivity index (χ0) is 20.5. The number of hydrogen-bond acceptors (Lipinski definition) is 6. The van der Waals surface area contributed by atoms with Crippen LogP contribution in [0.25, 0.3) is 0 Å². The van der Waals surface area contributed by atoms with Crippen LogP contribution in [0.4, 0.5) is 11.4 Å². The summed E-state index contributed by atoms with van der Waals surface area (Å²) in [7, 11) is 0. The van der Waals surface area contributed by atoms with Crippen molar-refractivity contribution >= 4 is 56.9 Å². The fourth-order valence-corrected chi connectivity index (χ4v) is 2.37. The maximum absolute atomic E-state index is 11.6. The van der Waals surface area contributed by atoms with Gasteiger partial charge in [-0.15, -0.1) is 0 Å². The Morgan fingerprint density at radius 2 is 1.04 bits per heavy atom. The van der Waals surface area contributed by atoms with Crippen LogP contribution in [0.5, 0.6) is 0 Å². The van der Waals surface area contributed by atoms with Gasteiger partial charge in [-0.2, -0.15) is 0 Å². The quantitative estimate of drug-likeness (QED) is 0.450. The largest absolute Gasteiger partial charge is 0.462 e. The Balaban J connectivity index is 2.11. The van der Waals surface area contributed by atoms with Crippen molar-refractivity contribution in [1.29, 1.82) is 0 Å². The van der Waals surface area contributed by atoms with Crippen LogP contribution in [-0.4, -0.2) is 35.5 Å². The fraction of sp³-hybridized carbons (Fsp3) is 0.200. The van der Waals surface area contributed by atoms with Gasteiger partial charge in [0.25, 0.3) is 0 Å². The van der Waals surface area contributed by atoms with Crippen molar-refractivity contribution in [3.63, 3.8) is 0 Å². The summed E-state index contributed by atoms with van der Waals surface area (Å²) < 4.78 is 9.84. The molecule has 0 aliphatic heterocycles. The summed E-state index contributed by atoms with van der Waals surface area (Å²) in [5.74, 6) is -0.815. The molecule has 0 aliphatic rings. The van der Waals surface area contributed by atoms with Crippen LogP contribution in [0.3, 0.4) is 0 Å². The first kappa shape index (κ1) is 21.6. The van der Waals surface area contributed by atoms with E-state index >= 15 is 0 Å². The van der Waals surface area contributed by atoms with Crippen LogP contribution >= 0.6 is 23.2 Å². The first-order valence-electron chi connectivity index (χ1n) is 8.47. The molecule has 0 fully saturated rings. The standard InChI is InChI=1S/C20H18Cl2N2O4/c1-3-27-19(25)13-5-9-15(10-6-13)23-17(21)18(22)24-16-11-7-14(8-12-16)20(26)28-4-2/h5-12H,3-4H2,1-2H3. The number of carbonyl (C=O) groups is 2. The molecule has 0 amide bonds. The zero-order valence-corrected chi connectivity index (χ0v) is 16.8. The Labute approximate surface area is 172 Å². The van der Waals surface area contributed by atoms with E-state index in [1.165, 1.54) is 0 Å². The molecule has 0 aromatic heterocycles. The summed E-state index contributed by atoms with van der Waals surface area (Å²) in [4.78, 5) is 31.6. The lowest BCUT2D eigenvalue weighted by Crippen LogP contribution is -2.04. The number of hydrogen-bond donors (Lipinski definition) is 0. The number of benzene rings is 2. The minimum Gasteiger partial charge on any atom is -0.462 e. The first-order valence-corrected chi connectivity index (χ1v) is 9.23. The summed E-state index contributed by atoms with van der Waals surface area (Å²) in [6, 6.07) is 12.8. The van der Waals surface area contributed by atoms with Crippen LogP contribution in [-0.2, 0) is 9.47 Å². The van der Waals surface area contributed by atoms with Gasteiger partial charge in [0.15, 0.2) is 10.3 Å². The lowest BCUT2D eigenvalue weighted by Gasteiger charge is -2.03. The second kappa shape index (κ2) is 10.6. The van der Waals surface area contributed by atoms with Gasteiger partial charge in [0.05, 0.1) is 35.7 Å². The van der Waals surface area contributed by atoms with Crippen molar-refractivity contribution in [2.45, 2.75) is 13.8 Å². The van der Waals surface area contributed by atoms with Gasteiger partial charge in [-0.1, -0.05) is 23.2 Å². The lowest BCUT2D eigenvalue weighted by atomic mass is 10.2. The molecule has 8 heteroatoms. The smallest absolute Gasteiger partial charge is 0.338 e. The van der Waals surface area contributed by atoms with Crippen LogP contribution in [0.1, 0.15) is 34.6 Å². The SMILES string of the molecule is CCOC(=O)c1ccc(N=C(Cl)C(Cl)=Nc2ccc(C(=O)OCC)cc2)cc1. The van der Waals surface area contributed by atoms with E-state index in [0.717, 1.165) is 0 Å². The van der Waals surface area contributed by atoms with Crippen LogP contribution in [0.2, 0.25) is 0 Å². The van der Waals surface area contributed by atoms with Crippen molar-refractivity contribution in [2.24, 2.45) is 9.98 Å². The van der Waals surface area contributed by atoms with Crippen LogP contribution in [0, 0.1) is 0 Å². The molecular formula is C20H18Cl2N2O4. The van der Waals surface area contributed by atoms with E-state index in [4.69, 9.17) is 32.7 Å². The third-order valence-electron chi connectivity index (χ3n) is 3.38. The molecule has 6 nitrogen and oxygen atoms in total. The molecule has 2 aromatic carbocycles. The Hall–Kier alpha value is -2.70. The number of carbonyl (C=O) groups excluding carboxylic acids is 2. The van der Waals surface area contributed by atoms with E-state index in [-0.39, 0.29) is 10.3 Å². The topological polar surface area (TPSA) is 77.3 Å². The average molecular weight is 421 g/mol. The average Bonchev–Trinajstić information content (AvgIpc) is 2.69. The predicted molar refractivity (Wildman–Crippen MR) is 111 cm³/mol. The number of halogens is 2. The predicted octanol–water partition coefficient (Wildman–Crippen LogP) is 5.28. The van der Waals surface area contributed by atoms with Crippen LogP contribution < -0.4 is 0 Å². The lowest BCUT2D eigenvalue weighted by molar-refractivity contribution is 0.0517. The van der Waals surface area contributed by atoms with E-state index in [1.807, 2.05) is 0 Å². The highest BCUT2D eigenvalue weighted by Crippen LogP contribution is 2.19. The molecule has 0 radical (unpaired) electrons. The van der Waals surface area contributed by atoms with E-state index in [1.54, 1.807) is 62.4 Å². The monoisotopic (exact) mass is 420 g/mol. The van der Waals surface area contributed by atoms with Crippen LogP contribution in [0.15, 0.2) is 58.5 Å². The summed E-state index contributed by atoms with van der Waals surface area (Å²) >= 11 is 12.2.